The average Bonchev–Trinajstić information content (AvgIpc) is 2.50. The molecule has 0 bridgehead atoms. The lowest BCUT2D eigenvalue weighted by molar-refractivity contribution is 0.208. The van der Waals surface area contributed by atoms with Gasteiger partial charge in [-0.15, -0.1) is 0 Å². The quantitative estimate of drug-likeness (QED) is 0.922. The molecule has 1 atom stereocenters. The lowest BCUT2D eigenvalue weighted by atomic mass is 10.0. The number of hydrogen-bond donors (Lipinski definition) is 1. The second-order valence-corrected chi connectivity index (χ2v) is 5.44. The van der Waals surface area contributed by atoms with E-state index in [0.717, 1.165) is 13.1 Å². The molecule has 1 saturated heterocycles. The van der Waals surface area contributed by atoms with E-state index >= 15 is 0 Å². The van der Waals surface area contributed by atoms with Crippen molar-refractivity contribution in [2.75, 3.05) is 18.4 Å². The fraction of sp³-hybridized carbons (Fsp3) is 0.353. The number of pyridine rings is 1. The lowest BCUT2D eigenvalue weighted by Gasteiger charge is -2.33. The molecule has 0 amide bonds. The van der Waals surface area contributed by atoms with Crippen LogP contribution >= 0.6 is 0 Å². The molecule has 0 aliphatic carbocycles. The first-order valence-corrected chi connectivity index (χ1v) is 7.33. The zero-order valence-electron chi connectivity index (χ0n) is 11.7. The number of piperidine rings is 1. The van der Waals surface area contributed by atoms with Gasteiger partial charge in [-0.2, -0.15) is 0 Å². The zero-order valence-corrected chi connectivity index (χ0v) is 11.7. The topological polar surface area (TPSA) is 28.2 Å². The van der Waals surface area contributed by atoms with E-state index in [1.54, 1.807) is 0 Å². The van der Waals surface area contributed by atoms with Crippen molar-refractivity contribution in [1.82, 2.24) is 9.88 Å². The van der Waals surface area contributed by atoms with Gasteiger partial charge in [0.25, 0.3) is 0 Å². The van der Waals surface area contributed by atoms with Crippen LogP contribution in [0.1, 0.15) is 18.4 Å². The number of hydrogen-bond acceptors (Lipinski definition) is 3. The van der Waals surface area contributed by atoms with Gasteiger partial charge < -0.3 is 5.32 Å². The maximum atomic E-state index is 4.06. The van der Waals surface area contributed by atoms with E-state index in [1.807, 2.05) is 24.5 Å². The van der Waals surface area contributed by atoms with Crippen molar-refractivity contribution in [2.45, 2.75) is 25.4 Å². The Kier molecular flexibility index (Phi) is 4.28. The van der Waals surface area contributed by atoms with Crippen molar-refractivity contribution in [3.8, 4) is 0 Å². The van der Waals surface area contributed by atoms with Gasteiger partial charge in [0.1, 0.15) is 0 Å². The Morgan fingerprint density at radius 2 is 1.90 bits per heavy atom. The summed E-state index contributed by atoms with van der Waals surface area (Å²) in [6, 6.07) is 15.3. The number of likely N-dealkylation sites (tertiary alicyclic amines) is 1. The summed E-state index contributed by atoms with van der Waals surface area (Å²) in [5, 5.41) is 3.61. The molecule has 0 radical (unpaired) electrons. The van der Waals surface area contributed by atoms with Gasteiger partial charge in [0, 0.05) is 37.2 Å². The second-order valence-electron chi connectivity index (χ2n) is 5.44. The van der Waals surface area contributed by atoms with E-state index in [0.29, 0.717) is 6.04 Å². The molecule has 1 aromatic carbocycles. The summed E-state index contributed by atoms with van der Waals surface area (Å²) >= 11 is 0. The summed E-state index contributed by atoms with van der Waals surface area (Å²) in [5.41, 5.74) is 2.57. The molecule has 3 rings (SSSR count). The van der Waals surface area contributed by atoms with Crippen molar-refractivity contribution < 1.29 is 0 Å². The fourth-order valence-electron chi connectivity index (χ4n) is 2.84. The Morgan fingerprint density at radius 1 is 1.10 bits per heavy atom. The number of nitrogens with zero attached hydrogens (tertiary/aromatic N) is 2. The van der Waals surface area contributed by atoms with Crippen LogP contribution in [0, 0.1) is 0 Å². The molecule has 1 aliphatic heterocycles. The molecule has 1 unspecified atom stereocenters. The van der Waals surface area contributed by atoms with Crippen molar-refractivity contribution >= 4 is 5.69 Å². The molecule has 0 spiro atoms. The summed E-state index contributed by atoms with van der Waals surface area (Å²) in [4.78, 5) is 6.60. The first-order chi connectivity index (χ1) is 9.90. The molecule has 1 N–H and O–H groups in total. The number of aromatic nitrogens is 1. The minimum atomic E-state index is 0.537. The summed E-state index contributed by atoms with van der Waals surface area (Å²) in [6.45, 7) is 3.36. The molecule has 20 heavy (non-hydrogen) atoms. The molecule has 1 aromatic heterocycles. The molecule has 2 heterocycles. The van der Waals surface area contributed by atoms with Crippen LogP contribution in [0.4, 0.5) is 5.69 Å². The highest BCUT2D eigenvalue weighted by atomic mass is 15.2. The molecule has 3 heteroatoms. The molecular formula is C17H21N3. The maximum absolute atomic E-state index is 4.06. The summed E-state index contributed by atoms with van der Waals surface area (Å²) < 4.78 is 0. The van der Waals surface area contributed by atoms with Crippen LogP contribution in [-0.2, 0) is 6.54 Å². The van der Waals surface area contributed by atoms with Crippen molar-refractivity contribution in [3.63, 3.8) is 0 Å². The molecule has 1 aliphatic rings. The number of rotatable bonds is 4. The molecule has 0 saturated carbocycles. The normalized spacial score (nSPS) is 19.7. The molecular weight excluding hydrogens is 246 g/mol. The van der Waals surface area contributed by atoms with E-state index < -0.39 is 0 Å². The highest BCUT2D eigenvalue weighted by Gasteiger charge is 2.19. The van der Waals surface area contributed by atoms with Crippen LogP contribution < -0.4 is 5.32 Å². The van der Waals surface area contributed by atoms with Gasteiger partial charge in [-0.3, -0.25) is 9.88 Å². The average molecular weight is 267 g/mol. The van der Waals surface area contributed by atoms with Gasteiger partial charge in [0.15, 0.2) is 0 Å². The summed E-state index contributed by atoms with van der Waals surface area (Å²) in [7, 11) is 0. The van der Waals surface area contributed by atoms with Crippen molar-refractivity contribution in [1.29, 1.82) is 0 Å². The van der Waals surface area contributed by atoms with Gasteiger partial charge in [-0.05, 0) is 37.1 Å². The van der Waals surface area contributed by atoms with Crippen LogP contribution in [0.15, 0.2) is 54.9 Å². The number of anilines is 1. The van der Waals surface area contributed by atoms with Crippen LogP contribution in [0.3, 0.4) is 0 Å². The molecule has 104 valence electrons. The highest BCUT2D eigenvalue weighted by molar-refractivity contribution is 5.41. The number of benzene rings is 1. The van der Waals surface area contributed by atoms with E-state index in [4.69, 9.17) is 0 Å². The first kappa shape index (κ1) is 13.1. The number of nitrogens with one attached hydrogen (secondary N) is 1. The standard InChI is InChI=1S/C17H21N3/c1-2-5-15(6-3-1)13-20-12-4-7-17(14-20)19-16-8-10-18-11-9-16/h1-3,5-6,8-11,17H,4,7,12-14H2,(H,18,19). The Hall–Kier alpha value is -1.87. The highest BCUT2D eigenvalue weighted by Crippen LogP contribution is 2.17. The van der Waals surface area contributed by atoms with Gasteiger partial charge in [0.2, 0.25) is 0 Å². The molecule has 2 aromatic rings. The van der Waals surface area contributed by atoms with Crippen LogP contribution in [0.2, 0.25) is 0 Å². The van der Waals surface area contributed by atoms with Crippen LogP contribution in [0.25, 0.3) is 0 Å². The van der Waals surface area contributed by atoms with Crippen LogP contribution in [-0.4, -0.2) is 29.0 Å². The zero-order chi connectivity index (χ0) is 13.6. The smallest absolute Gasteiger partial charge is 0.0389 e. The van der Waals surface area contributed by atoms with E-state index in [-0.39, 0.29) is 0 Å². The van der Waals surface area contributed by atoms with Gasteiger partial charge in [-0.25, -0.2) is 0 Å². The Morgan fingerprint density at radius 3 is 2.70 bits per heavy atom. The summed E-state index contributed by atoms with van der Waals surface area (Å²) in [5.74, 6) is 0. The maximum Gasteiger partial charge on any atom is 0.0389 e. The fourth-order valence-corrected chi connectivity index (χ4v) is 2.84. The predicted molar refractivity (Wildman–Crippen MR) is 82.6 cm³/mol. The van der Waals surface area contributed by atoms with Crippen LogP contribution in [0.5, 0.6) is 0 Å². The largest absolute Gasteiger partial charge is 0.381 e. The Balaban J connectivity index is 1.57. The third kappa shape index (κ3) is 3.58. The Bertz CT molecular complexity index is 465. The third-order valence-corrected chi connectivity index (χ3v) is 3.81. The lowest BCUT2D eigenvalue weighted by Crippen LogP contribution is -2.41. The first-order valence-electron chi connectivity index (χ1n) is 7.33. The SMILES string of the molecule is c1ccc(CN2CCCC(Nc3ccncc3)C2)cc1. The minimum Gasteiger partial charge on any atom is -0.381 e. The molecule has 1 fully saturated rings. The third-order valence-electron chi connectivity index (χ3n) is 3.81. The van der Waals surface area contributed by atoms with Crippen molar-refractivity contribution in [2.24, 2.45) is 0 Å². The van der Waals surface area contributed by atoms with E-state index in [1.165, 1.54) is 30.6 Å². The minimum absolute atomic E-state index is 0.537. The van der Waals surface area contributed by atoms with E-state index in [2.05, 4.69) is 45.5 Å². The van der Waals surface area contributed by atoms with E-state index in [9.17, 15) is 0 Å². The summed E-state index contributed by atoms with van der Waals surface area (Å²) in [6.07, 6.45) is 6.18. The van der Waals surface area contributed by atoms with Gasteiger partial charge in [-0.1, -0.05) is 30.3 Å². The molecule has 3 nitrogen and oxygen atoms in total. The van der Waals surface area contributed by atoms with Gasteiger partial charge in [0.05, 0.1) is 0 Å². The Labute approximate surface area is 120 Å². The predicted octanol–water partition coefficient (Wildman–Crippen LogP) is 3.16. The second kappa shape index (κ2) is 6.53. The van der Waals surface area contributed by atoms with Gasteiger partial charge >= 0.3 is 0 Å². The monoisotopic (exact) mass is 267 g/mol. The van der Waals surface area contributed by atoms with Crippen molar-refractivity contribution in [3.05, 3.63) is 60.4 Å².